The van der Waals surface area contributed by atoms with Gasteiger partial charge in [0.2, 0.25) is 5.28 Å². The Kier molecular flexibility index (Phi) is 32.7. The fourth-order valence-corrected chi connectivity index (χ4v) is 14.9. The first-order valence-corrected chi connectivity index (χ1v) is 56.9. The molecule has 2 fully saturated rings. The number of hydrogen-bond acceptors (Lipinski definition) is 14. The summed E-state index contributed by atoms with van der Waals surface area (Å²) in [6, 6.07) is 123. The molecular formula is C110H88B2Cl3F3I3N10O4-. The van der Waals surface area contributed by atoms with Crippen LogP contribution in [0.1, 0.15) is 55.4 Å². The second-order valence-corrected chi connectivity index (χ2v) is 50.6. The van der Waals surface area contributed by atoms with Crippen LogP contribution in [0.2, 0.25) is 15.3 Å². The fraction of sp³-hybridized carbons (Fsp3) is 0.109. The number of aromatic nitrogens is 10. The Morgan fingerprint density at radius 1 is 0.237 bits per heavy atom. The number of benzene rings is 13. The predicted molar refractivity (Wildman–Crippen MR) is 555 cm³/mol. The molecule has 0 atom stereocenters. The number of nitrogens with zero attached hydrogens (tertiary/aromatic N) is 10. The van der Waals surface area contributed by atoms with Crippen molar-refractivity contribution < 1.29 is 45.0 Å². The summed E-state index contributed by atoms with van der Waals surface area (Å²) >= 11 is 23.2. The molecule has 0 amide bonds. The minimum atomic E-state index is -0.710. The van der Waals surface area contributed by atoms with Crippen molar-refractivity contribution in [2.45, 2.75) is 77.8 Å². The Hall–Kier alpha value is -11.9. The monoisotopic (exact) mass is 2180 g/mol. The van der Waals surface area contributed by atoms with Crippen molar-refractivity contribution in [2.24, 2.45) is 0 Å². The molecule has 0 radical (unpaired) electrons. The molecule has 0 bridgehead atoms. The molecule has 2 aliphatic rings. The number of hydrogen-bond donors (Lipinski definition) is 0. The van der Waals surface area contributed by atoms with E-state index in [-0.39, 0.29) is 16.7 Å². The molecule has 135 heavy (non-hydrogen) atoms. The second kappa shape index (κ2) is 45.2. The van der Waals surface area contributed by atoms with Crippen molar-refractivity contribution in [1.82, 2.24) is 49.8 Å². The Balaban J connectivity index is 0.000000133. The molecule has 672 valence electrons. The van der Waals surface area contributed by atoms with Gasteiger partial charge in [-0.15, -0.1) is 0 Å². The summed E-state index contributed by atoms with van der Waals surface area (Å²) in [5.41, 5.74) is 17.2. The Bertz CT molecular complexity index is 6720. The number of rotatable bonds is 15. The standard InChI is InChI=1S/C38H25FN4.C22H23BN2O2.C22H14ClFN2.C16H11ClN2.C12H15BClFO2.I3/c39-32-22-21-30(36-25-33(26-13-5-1-6-14-26)40-37(41-36)29-19-11-4-12-20-29)23-31(32)38-42-34(27-15-7-2-8-16-27)24-35(43-38)28-17-9-3-10-18-28;1-21(2)22(3,4)27-23(26-21)19-15-18(16-11-7-5-8-12-16)24-20(25-19)17-13-9-6-10-14-17;23-17-11-12-19(24)18(13-17)22-25-20(15-7-3-1-4-8-15)14-21(26-22)16-9-5-2-6-10-16;17-16-18-14(12-7-3-1-4-8-12)11-15(19-16)13-9-5-2-6-10-13;1-11(2)12(3,4)17-13(16-11)9-7-8(14)5-6-10(9)15;1-3-2/h1-25H;5-15H,1-4H3;1-14H;1-11H;5-7H,1-4H3;/q;;;;;-1. The van der Waals surface area contributed by atoms with Crippen LogP contribution in [0.3, 0.4) is 0 Å². The normalized spacial score (nSPS) is 13.5. The van der Waals surface area contributed by atoms with Crippen LogP contribution >= 0.6 is 72.0 Å². The summed E-state index contributed by atoms with van der Waals surface area (Å²) in [5.74, 6) is 0.698. The SMILES string of the molecule is CC1(C)OB(c2cc(-c3ccccc3)nc(-c3ccccc3)n2)OC1(C)C.CC1(C)OB(c2cc(Cl)ccc2F)OC1(C)C.Clc1nc(-c2ccccc2)cc(-c2ccccc2)n1.Fc1ccc(-c2cc(-c3ccccc3)nc(-c3ccccc3)n2)cc1-c1nc(-c2ccccc2)cc(-c2ccccc2)n1.Fc1ccc(Cl)cc1-c1nc(-c2ccccc2)cc(-c2ccccc2)n1.I[I-]I. The van der Waals surface area contributed by atoms with E-state index in [9.17, 15) is 8.78 Å². The molecule has 0 unspecified atom stereocenters. The van der Waals surface area contributed by atoms with Gasteiger partial charge in [-0.3, -0.25) is 0 Å². The molecule has 20 rings (SSSR count). The van der Waals surface area contributed by atoms with Gasteiger partial charge in [0.05, 0.1) is 90.4 Å². The molecule has 2 aliphatic heterocycles. The first kappa shape index (κ1) is 97.6. The van der Waals surface area contributed by atoms with Crippen LogP contribution < -0.4 is 24.3 Å². The van der Waals surface area contributed by atoms with Gasteiger partial charge in [-0.05, 0) is 152 Å². The van der Waals surface area contributed by atoms with E-state index in [0.29, 0.717) is 74.7 Å². The van der Waals surface area contributed by atoms with Gasteiger partial charge < -0.3 is 18.6 Å². The molecule has 7 heterocycles. The fourth-order valence-electron chi connectivity index (χ4n) is 14.4. The van der Waals surface area contributed by atoms with Crippen molar-refractivity contribution in [2.75, 3.05) is 0 Å². The van der Waals surface area contributed by atoms with Gasteiger partial charge in [0.1, 0.15) is 17.5 Å². The number of halogens is 9. The summed E-state index contributed by atoms with van der Waals surface area (Å²) in [4.78, 5) is 46.8. The van der Waals surface area contributed by atoms with Gasteiger partial charge >= 0.3 is 64.7 Å². The van der Waals surface area contributed by atoms with Crippen LogP contribution in [-0.4, -0.2) is 86.5 Å². The third kappa shape index (κ3) is 25.1. The summed E-state index contributed by atoms with van der Waals surface area (Å²) in [5, 5.41) is 1.17. The van der Waals surface area contributed by atoms with Gasteiger partial charge in [-0.2, -0.15) is 0 Å². The van der Waals surface area contributed by atoms with E-state index in [1.807, 2.05) is 389 Å². The summed E-state index contributed by atoms with van der Waals surface area (Å²) < 4.78 is 67.7. The van der Waals surface area contributed by atoms with Gasteiger partial charge in [0, 0.05) is 76.7 Å². The van der Waals surface area contributed by atoms with Gasteiger partial charge in [-0.25, -0.2) is 63.0 Å². The third-order valence-electron chi connectivity index (χ3n) is 22.9. The molecule has 0 aliphatic carbocycles. The van der Waals surface area contributed by atoms with E-state index in [0.717, 1.165) is 101 Å². The molecular weight excluding hydrogens is 2090 g/mol. The predicted octanol–water partition coefficient (Wildman–Crippen LogP) is 25.8. The average Bonchev–Trinajstić information content (AvgIpc) is 1.63. The Labute approximate surface area is 830 Å². The van der Waals surface area contributed by atoms with Crippen LogP contribution in [-0.2, 0) is 18.6 Å². The van der Waals surface area contributed by atoms with Crippen molar-refractivity contribution in [3.8, 4) is 147 Å². The molecule has 18 aromatic rings. The molecule has 25 heteroatoms. The molecule has 0 saturated carbocycles. The van der Waals surface area contributed by atoms with E-state index in [4.69, 9.17) is 83.3 Å². The zero-order valence-corrected chi connectivity index (χ0v) is 83.4. The zero-order valence-electron chi connectivity index (χ0n) is 74.6. The van der Waals surface area contributed by atoms with Gasteiger partial charge in [0.15, 0.2) is 23.3 Å². The van der Waals surface area contributed by atoms with E-state index in [1.54, 1.807) is 24.3 Å². The first-order chi connectivity index (χ1) is 65.2. The van der Waals surface area contributed by atoms with Crippen molar-refractivity contribution in [3.63, 3.8) is 0 Å². The molecule has 5 aromatic heterocycles. The molecule has 13 aromatic carbocycles. The van der Waals surface area contributed by atoms with E-state index in [2.05, 4.69) is 57.2 Å². The average molecular weight is 2180 g/mol. The van der Waals surface area contributed by atoms with Crippen LogP contribution in [0.5, 0.6) is 0 Å². The van der Waals surface area contributed by atoms with E-state index >= 15 is 4.39 Å². The van der Waals surface area contributed by atoms with Crippen LogP contribution in [0.25, 0.3) is 147 Å². The topological polar surface area (TPSA) is 166 Å². The Morgan fingerprint density at radius 2 is 0.467 bits per heavy atom. The quantitative estimate of drug-likeness (QED) is 0.0540. The first-order valence-electron chi connectivity index (χ1n) is 43.2. The maximum atomic E-state index is 15.6. The van der Waals surface area contributed by atoms with Crippen molar-refractivity contribution in [3.05, 3.63) is 421 Å². The van der Waals surface area contributed by atoms with Crippen molar-refractivity contribution in [1.29, 1.82) is 0 Å². The van der Waals surface area contributed by atoms with E-state index in [1.165, 1.54) is 30.3 Å². The zero-order chi connectivity index (χ0) is 94.6. The molecule has 0 spiro atoms. The van der Waals surface area contributed by atoms with E-state index < -0.39 is 48.3 Å². The molecule has 14 nitrogen and oxygen atoms in total. The van der Waals surface area contributed by atoms with Gasteiger partial charge in [-0.1, -0.05) is 327 Å². The minimum absolute atomic E-state index is 0.264. The van der Waals surface area contributed by atoms with Crippen LogP contribution in [0, 0.1) is 17.5 Å². The van der Waals surface area contributed by atoms with Crippen LogP contribution in [0.15, 0.2) is 388 Å². The summed E-state index contributed by atoms with van der Waals surface area (Å²) in [6.45, 7) is 15.9. The maximum absolute atomic E-state index is 15.6. The molecule has 2 saturated heterocycles. The van der Waals surface area contributed by atoms with Crippen molar-refractivity contribution >= 4 is 97.3 Å². The summed E-state index contributed by atoms with van der Waals surface area (Å²) in [6.07, 6.45) is 0. The Morgan fingerprint density at radius 3 is 0.778 bits per heavy atom. The third-order valence-corrected chi connectivity index (χ3v) is 23.5. The second-order valence-electron chi connectivity index (χ2n) is 33.2. The molecule has 0 N–H and O–H groups in total. The summed E-state index contributed by atoms with van der Waals surface area (Å²) in [7, 11) is -1.23. The van der Waals surface area contributed by atoms with Gasteiger partial charge in [0.25, 0.3) is 0 Å². The van der Waals surface area contributed by atoms with Crippen LogP contribution in [0.4, 0.5) is 13.2 Å².